The number of aliphatic hydroxyl groups is 1. The summed E-state index contributed by atoms with van der Waals surface area (Å²) in [4.78, 5) is 11.7. The van der Waals surface area contributed by atoms with Gasteiger partial charge in [-0.15, -0.1) is 0 Å². The molecule has 0 radical (unpaired) electrons. The Labute approximate surface area is 99.6 Å². The molecule has 1 aromatic carbocycles. The average Bonchev–Trinajstić information content (AvgIpc) is 2.28. The second kappa shape index (κ2) is 4.01. The van der Waals surface area contributed by atoms with E-state index in [1.807, 2.05) is 0 Å². The van der Waals surface area contributed by atoms with Gasteiger partial charge in [0.25, 0.3) is 5.91 Å². The van der Waals surface area contributed by atoms with Crippen LogP contribution in [0.25, 0.3) is 0 Å². The highest BCUT2D eigenvalue weighted by molar-refractivity contribution is 6.00. The topological polar surface area (TPSA) is 84.6 Å². The molecule has 1 amide bonds. The molecule has 2 rings (SSSR count). The van der Waals surface area contributed by atoms with E-state index >= 15 is 0 Å². The molecule has 0 aliphatic carbocycles. The summed E-state index contributed by atoms with van der Waals surface area (Å²) < 4.78 is 5.58. The van der Waals surface area contributed by atoms with E-state index in [9.17, 15) is 4.79 Å². The van der Waals surface area contributed by atoms with Crippen molar-refractivity contribution in [2.75, 3.05) is 11.9 Å². The minimum absolute atomic E-state index is 0.140. The summed E-state index contributed by atoms with van der Waals surface area (Å²) in [5.74, 6) is 0.420. The Balaban J connectivity index is 2.36. The lowest BCUT2D eigenvalue weighted by Gasteiger charge is -2.32. The molecule has 0 spiro atoms. The van der Waals surface area contributed by atoms with Gasteiger partial charge in [-0.25, -0.2) is 0 Å². The molecule has 0 aromatic heterocycles. The van der Waals surface area contributed by atoms with Gasteiger partial charge in [-0.05, 0) is 31.5 Å². The van der Waals surface area contributed by atoms with E-state index in [1.54, 1.807) is 32.0 Å². The summed E-state index contributed by atoms with van der Waals surface area (Å²) >= 11 is 0. The van der Waals surface area contributed by atoms with E-state index < -0.39 is 11.6 Å². The number of benzene rings is 1. The molecule has 5 nitrogen and oxygen atoms in total. The first kappa shape index (κ1) is 11.9. The van der Waals surface area contributed by atoms with Crippen LogP contribution < -0.4 is 15.8 Å². The smallest absolute Gasteiger partial charge is 0.268 e. The van der Waals surface area contributed by atoms with E-state index in [1.165, 1.54) is 0 Å². The minimum Gasteiger partial charge on any atom is -0.476 e. The number of carbonyl (C=O) groups excluding carboxylic acids is 1. The number of nitrogens with one attached hydrogen (secondary N) is 1. The zero-order valence-electron chi connectivity index (χ0n) is 9.86. The van der Waals surface area contributed by atoms with E-state index in [4.69, 9.17) is 15.6 Å². The zero-order chi connectivity index (χ0) is 12.6. The van der Waals surface area contributed by atoms with Gasteiger partial charge in [0.15, 0.2) is 5.60 Å². The van der Waals surface area contributed by atoms with Crippen molar-refractivity contribution < 1.29 is 14.6 Å². The molecular formula is C12H16N2O3. The standard InChI is InChI=1S/C12H16N2O3/c1-12(2)11(16)14-9-5-7(8(13)6-15)3-4-10(9)17-12/h3-5,8,15H,6,13H2,1-2H3,(H,14,16). The van der Waals surface area contributed by atoms with Crippen molar-refractivity contribution in [3.63, 3.8) is 0 Å². The summed E-state index contributed by atoms with van der Waals surface area (Å²) in [6.07, 6.45) is 0. The van der Waals surface area contributed by atoms with Crippen LogP contribution in [-0.4, -0.2) is 23.2 Å². The number of nitrogens with two attached hydrogens (primary N) is 1. The summed E-state index contributed by atoms with van der Waals surface area (Å²) in [5.41, 5.74) is 6.20. The Kier molecular flexibility index (Phi) is 2.81. The summed E-state index contributed by atoms with van der Waals surface area (Å²) in [5, 5.41) is 11.8. The molecule has 5 heteroatoms. The molecule has 4 N–H and O–H groups in total. The molecule has 1 atom stereocenters. The van der Waals surface area contributed by atoms with Crippen LogP contribution in [0, 0.1) is 0 Å². The number of amides is 1. The molecule has 0 bridgehead atoms. The predicted molar refractivity (Wildman–Crippen MR) is 63.8 cm³/mol. The van der Waals surface area contributed by atoms with Crippen molar-refractivity contribution in [3.8, 4) is 5.75 Å². The second-order valence-corrected chi connectivity index (χ2v) is 4.61. The fraction of sp³-hybridized carbons (Fsp3) is 0.417. The molecule has 1 aliphatic rings. The highest BCUT2D eigenvalue weighted by Gasteiger charge is 2.35. The Morgan fingerprint density at radius 1 is 1.53 bits per heavy atom. The molecule has 17 heavy (non-hydrogen) atoms. The van der Waals surface area contributed by atoms with Crippen LogP contribution in [0.3, 0.4) is 0 Å². The van der Waals surface area contributed by atoms with Gasteiger partial charge >= 0.3 is 0 Å². The number of hydrogen-bond acceptors (Lipinski definition) is 4. The molecule has 1 heterocycles. The predicted octanol–water partition coefficient (Wildman–Crippen LogP) is 0.788. The van der Waals surface area contributed by atoms with Crippen molar-refractivity contribution >= 4 is 11.6 Å². The minimum atomic E-state index is -0.867. The largest absolute Gasteiger partial charge is 0.476 e. The Bertz CT molecular complexity index is 457. The van der Waals surface area contributed by atoms with Gasteiger partial charge < -0.3 is 20.9 Å². The summed E-state index contributed by atoms with van der Waals surface area (Å²) in [6.45, 7) is 3.27. The van der Waals surface area contributed by atoms with Crippen LogP contribution in [-0.2, 0) is 4.79 Å². The Morgan fingerprint density at radius 2 is 2.24 bits per heavy atom. The maximum Gasteiger partial charge on any atom is 0.268 e. The first-order valence-electron chi connectivity index (χ1n) is 5.45. The molecule has 0 saturated heterocycles. The van der Waals surface area contributed by atoms with Crippen molar-refractivity contribution in [1.29, 1.82) is 0 Å². The van der Waals surface area contributed by atoms with Crippen molar-refractivity contribution in [2.24, 2.45) is 5.73 Å². The number of ether oxygens (including phenoxy) is 1. The van der Waals surface area contributed by atoms with E-state index in [2.05, 4.69) is 5.32 Å². The summed E-state index contributed by atoms with van der Waals surface area (Å²) in [6, 6.07) is 4.81. The molecule has 1 unspecified atom stereocenters. The lowest BCUT2D eigenvalue weighted by molar-refractivity contribution is -0.129. The SMILES string of the molecule is CC1(C)Oc2ccc(C(N)CO)cc2NC1=O. The number of anilines is 1. The van der Waals surface area contributed by atoms with E-state index in [0.29, 0.717) is 11.4 Å². The number of aliphatic hydroxyl groups excluding tert-OH is 1. The van der Waals surface area contributed by atoms with Gasteiger partial charge in [0.05, 0.1) is 18.3 Å². The third-order valence-corrected chi connectivity index (χ3v) is 2.79. The molecule has 0 fully saturated rings. The fourth-order valence-electron chi connectivity index (χ4n) is 1.66. The van der Waals surface area contributed by atoms with Gasteiger partial charge in [0, 0.05) is 0 Å². The normalized spacial score (nSPS) is 18.9. The second-order valence-electron chi connectivity index (χ2n) is 4.61. The van der Waals surface area contributed by atoms with Crippen LogP contribution in [0.1, 0.15) is 25.5 Å². The molecule has 0 saturated carbocycles. The van der Waals surface area contributed by atoms with Gasteiger partial charge in [0.2, 0.25) is 0 Å². The lowest BCUT2D eigenvalue weighted by Crippen LogP contribution is -2.45. The van der Waals surface area contributed by atoms with Gasteiger partial charge in [-0.2, -0.15) is 0 Å². The van der Waals surface area contributed by atoms with Crippen LogP contribution >= 0.6 is 0 Å². The number of fused-ring (bicyclic) bond motifs is 1. The van der Waals surface area contributed by atoms with Crippen molar-refractivity contribution in [1.82, 2.24) is 0 Å². The van der Waals surface area contributed by atoms with Crippen LogP contribution in [0.2, 0.25) is 0 Å². The molecule has 1 aliphatic heterocycles. The first-order chi connectivity index (χ1) is 7.94. The van der Waals surface area contributed by atoms with Gasteiger partial charge in [-0.3, -0.25) is 4.79 Å². The molecule has 92 valence electrons. The maximum absolute atomic E-state index is 11.7. The quantitative estimate of drug-likeness (QED) is 0.708. The summed E-state index contributed by atoms with van der Waals surface area (Å²) in [7, 11) is 0. The number of carbonyl (C=O) groups is 1. The van der Waals surface area contributed by atoms with E-state index in [0.717, 1.165) is 5.56 Å². The third kappa shape index (κ3) is 2.11. The maximum atomic E-state index is 11.7. The third-order valence-electron chi connectivity index (χ3n) is 2.79. The first-order valence-corrected chi connectivity index (χ1v) is 5.45. The van der Waals surface area contributed by atoms with Crippen LogP contribution in [0.4, 0.5) is 5.69 Å². The Morgan fingerprint density at radius 3 is 2.88 bits per heavy atom. The lowest BCUT2D eigenvalue weighted by atomic mass is 10.0. The molecular weight excluding hydrogens is 220 g/mol. The number of rotatable bonds is 2. The van der Waals surface area contributed by atoms with Crippen LogP contribution in [0.5, 0.6) is 5.75 Å². The van der Waals surface area contributed by atoms with Gasteiger partial charge in [0.1, 0.15) is 5.75 Å². The zero-order valence-corrected chi connectivity index (χ0v) is 9.86. The van der Waals surface area contributed by atoms with Gasteiger partial charge in [-0.1, -0.05) is 6.07 Å². The molecule has 1 aromatic rings. The number of hydrogen-bond donors (Lipinski definition) is 3. The highest BCUT2D eigenvalue weighted by Crippen LogP contribution is 2.34. The van der Waals surface area contributed by atoms with Crippen molar-refractivity contribution in [2.45, 2.75) is 25.5 Å². The monoisotopic (exact) mass is 236 g/mol. The van der Waals surface area contributed by atoms with Crippen LogP contribution in [0.15, 0.2) is 18.2 Å². The average molecular weight is 236 g/mol. The Hall–Kier alpha value is -1.59. The highest BCUT2D eigenvalue weighted by atomic mass is 16.5. The van der Waals surface area contributed by atoms with Crippen molar-refractivity contribution in [3.05, 3.63) is 23.8 Å². The van der Waals surface area contributed by atoms with E-state index in [-0.39, 0.29) is 12.5 Å². The fourth-order valence-corrected chi connectivity index (χ4v) is 1.66.